The highest BCUT2D eigenvalue weighted by Crippen LogP contribution is 2.23. The quantitative estimate of drug-likeness (QED) is 0.481. The number of likely N-dealkylation sites (N-methyl/N-ethyl adjacent to an activating group) is 1. The molecule has 0 radical (unpaired) electrons. The zero-order chi connectivity index (χ0) is 11.4. The van der Waals surface area contributed by atoms with Gasteiger partial charge in [-0.25, -0.2) is 5.84 Å². The lowest BCUT2D eigenvalue weighted by Crippen LogP contribution is -2.34. The van der Waals surface area contributed by atoms with Gasteiger partial charge in [0.1, 0.15) is 5.75 Å². The molecule has 0 saturated heterocycles. The van der Waals surface area contributed by atoms with E-state index in [1.165, 1.54) is 7.05 Å². The molecule has 0 aromatic heterocycles. The number of ether oxygens (including phenoxy) is 1. The van der Waals surface area contributed by atoms with Gasteiger partial charge in [-0.1, -0.05) is 11.6 Å². The van der Waals surface area contributed by atoms with Crippen LogP contribution in [-0.2, 0) is 11.2 Å². The lowest BCUT2D eigenvalue weighted by atomic mass is 10.1. The molecule has 82 valence electrons. The molecule has 0 fully saturated rings. The Bertz CT molecular complexity index is 366. The van der Waals surface area contributed by atoms with Crippen molar-refractivity contribution in [3.63, 3.8) is 0 Å². The van der Waals surface area contributed by atoms with Crippen molar-refractivity contribution in [2.75, 3.05) is 14.2 Å². The predicted molar refractivity (Wildman–Crippen MR) is 58.7 cm³/mol. The molecule has 4 nitrogen and oxygen atoms in total. The SMILES string of the molecule is COc1ccc(Cl)cc1CC(=O)N(C)N. The van der Waals surface area contributed by atoms with Crippen molar-refractivity contribution in [1.82, 2.24) is 5.01 Å². The molecular formula is C10H13ClN2O2. The van der Waals surface area contributed by atoms with E-state index in [0.29, 0.717) is 10.8 Å². The maximum Gasteiger partial charge on any atom is 0.240 e. The van der Waals surface area contributed by atoms with Crippen LogP contribution in [0.15, 0.2) is 18.2 Å². The van der Waals surface area contributed by atoms with Gasteiger partial charge in [-0.05, 0) is 18.2 Å². The standard InChI is InChI=1S/C10H13ClN2O2/c1-13(12)10(14)6-7-5-8(11)3-4-9(7)15-2/h3-5H,6,12H2,1-2H3. The molecule has 0 unspecified atom stereocenters. The second kappa shape index (κ2) is 5.00. The summed E-state index contributed by atoms with van der Waals surface area (Å²) < 4.78 is 5.11. The summed E-state index contributed by atoms with van der Waals surface area (Å²) >= 11 is 5.83. The third-order valence-electron chi connectivity index (χ3n) is 1.98. The fraction of sp³-hybridized carbons (Fsp3) is 0.300. The second-order valence-electron chi connectivity index (χ2n) is 3.14. The molecule has 2 N–H and O–H groups in total. The zero-order valence-corrected chi connectivity index (χ0v) is 9.41. The molecule has 0 aliphatic carbocycles. The number of hydrazine groups is 1. The maximum atomic E-state index is 11.4. The van der Waals surface area contributed by atoms with E-state index in [1.54, 1.807) is 25.3 Å². The fourth-order valence-corrected chi connectivity index (χ4v) is 1.37. The molecule has 0 heterocycles. The van der Waals surface area contributed by atoms with E-state index in [4.69, 9.17) is 22.2 Å². The van der Waals surface area contributed by atoms with Gasteiger partial charge in [0.15, 0.2) is 0 Å². The van der Waals surface area contributed by atoms with Gasteiger partial charge in [0.2, 0.25) is 5.91 Å². The van der Waals surface area contributed by atoms with Gasteiger partial charge >= 0.3 is 0 Å². The Labute approximate surface area is 93.5 Å². The molecule has 5 heteroatoms. The first kappa shape index (κ1) is 11.8. The van der Waals surface area contributed by atoms with Gasteiger partial charge in [-0.2, -0.15) is 0 Å². The van der Waals surface area contributed by atoms with E-state index in [2.05, 4.69) is 0 Å². The van der Waals surface area contributed by atoms with Crippen molar-refractivity contribution >= 4 is 17.5 Å². The zero-order valence-electron chi connectivity index (χ0n) is 8.66. The highest BCUT2D eigenvalue weighted by atomic mass is 35.5. The van der Waals surface area contributed by atoms with E-state index >= 15 is 0 Å². The molecule has 0 spiro atoms. The summed E-state index contributed by atoms with van der Waals surface area (Å²) in [4.78, 5) is 11.4. The lowest BCUT2D eigenvalue weighted by molar-refractivity contribution is -0.129. The van der Waals surface area contributed by atoms with Crippen molar-refractivity contribution in [3.05, 3.63) is 28.8 Å². The Balaban J connectivity index is 2.92. The Morgan fingerprint density at radius 2 is 2.27 bits per heavy atom. The summed E-state index contributed by atoms with van der Waals surface area (Å²) in [6, 6.07) is 5.13. The molecule has 1 amide bonds. The number of hydrogen-bond acceptors (Lipinski definition) is 3. The van der Waals surface area contributed by atoms with E-state index < -0.39 is 0 Å². The first-order valence-electron chi connectivity index (χ1n) is 4.38. The normalized spacial score (nSPS) is 9.87. The molecule has 1 rings (SSSR count). The topological polar surface area (TPSA) is 55.6 Å². The fourth-order valence-electron chi connectivity index (χ4n) is 1.17. The molecule has 0 aliphatic heterocycles. The van der Waals surface area contributed by atoms with E-state index in [9.17, 15) is 4.79 Å². The predicted octanol–water partition coefficient (Wildman–Crippen LogP) is 1.22. The molecule has 0 aliphatic rings. The molecule has 0 bridgehead atoms. The number of carbonyl (C=O) groups is 1. The molecule has 1 aromatic rings. The molecular weight excluding hydrogens is 216 g/mol. The average molecular weight is 229 g/mol. The molecule has 0 saturated carbocycles. The molecule has 0 atom stereocenters. The summed E-state index contributed by atoms with van der Waals surface area (Å²) in [6.07, 6.45) is 0.177. The van der Waals surface area contributed by atoms with Crippen molar-refractivity contribution < 1.29 is 9.53 Å². The number of amides is 1. The molecule has 1 aromatic carbocycles. The van der Waals surface area contributed by atoms with Crippen molar-refractivity contribution in [2.24, 2.45) is 5.84 Å². The second-order valence-corrected chi connectivity index (χ2v) is 3.57. The van der Waals surface area contributed by atoms with E-state index in [-0.39, 0.29) is 12.3 Å². The number of hydrogen-bond donors (Lipinski definition) is 1. The van der Waals surface area contributed by atoms with Gasteiger partial charge in [0.25, 0.3) is 0 Å². The van der Waals surface area contributed by atoms with Crippen LogP contribution in [0.4, 0.5) is 0 Å². The Hall–Kier alpha value is -1.26. The summed E-state index contributed by atoms with van der Waals surface area (Å²) in [5, 5.41) is 1.61. The number of carbonyl (C=O) groups excluding carboxylic acids is 1. The van der Waals surface area contributed by atoms with Gasteiger partial charge in [0.05, 0.1) is 13.5 Å². The number of rotatable bonds is 3. The Morgan fingerprint density at radius 3 is 2.80 bits per heavy atom. The van der Waals surface area contributed by atoms with Gasteiger partial charge in [-0.15, -0.1) is 0 Å². The van der Waals surface area contributed by atoms with Gasteiger partial charge in [-0.3, -0.25) is 9.80 Å². The minimum Gasteiger partial charge on any atom is -0.496 e. The summed E-state index contributed by atoms with van der Waals surface area (Å²) in [6.45, 7) is 0. The maximum absolute atomic E-state index is 11.4. The number of nitrogens with two attached hydrogens (primary N) is 1. The Morgan fingerprint density at radius 1 is 1.60 bits per heavy atom. The average Bonchev–Trinajstić information content (AvgIpc) is 2.18. The molecule has 15 heavy (non-hydrogen) atoms. The van der Waals surface area contributed by atoms with Crippen molar-refractivity contribution in [2.45, 2.75) is 6.42 Å². The third-order valence-corrected chi connectivity index (χ3v) is 2.21. The minimum absolute atomic E-state index is 0.177. The van der Waals surface area contributed by atoms with Crippen LogP contribution < -0.4 is 10.6 Å². The number of nitrogens with zero attached hydrogens (tertiary/aromatic N) is 1. The van der Waals surface area contributed by atoms with Crippen LogP contribution in [0.5, 0.6) is 5.75 Å². The van der Waals surface area contributed by atoms with Crippen LogP contribution in [0.2, 0.25) is 5.02 Å². The monoisotopic (exact) mass is 228 g/mol. The minimum atomic E-state index is -0.199. The van der Waals surface area contributed by atoms with Crippen LogP contribution in [-0.4, -0.2) is 25.1 Å². The van der Waals surface area contributed by atoms with E-state index in [1.807, 2.05) is 0 Å². The van der Waals surface area contributed by atoms with Crippen molar-refractivity contribution in [1.29, 1.82) is 0 Å². The summed E-state index contributed by atoms with van der Waals surface area (Å²) in [7, 11) is 3.04. The van der Waals surface area contributed by atoms with Crippen LogP contribution in [0.25, 0.3) is 0 Å². The first-order valence-corrected chi connectivity index (χ1v) is 4.76. The van der Waals surface area contributed by atoms with Crippen LogP contribution in [0.3, 0.4) is 0 Å². The van der Waals surface area contributed by atoms with Gasteiger partial charge < -0.3 is 4.74 Å². The third kappa shape index (κ3) is 3.11. The van der Waals surface area contributed by atoms with Gasteiger partial charge in [0, 0.05) is 17.6 Å². The summed E-state index contributed by atoms with van der Waals surface area (Å²) in [5.41, 5.74) is 0.729. The Kier molecular flexibility index (Phi) is 3.94. The highest BCUT2D eigenvalue weighted by Gasteiger charge is 2.10. The lowest BCUT2D eigenvalue weighted by Gasteiger charge is -2.12. The first-order chi connectivity index (χ1) is 7.04. The number of methoxy groups -OCH3 is 1. The van der Waals surface area contributed by atoms with Crippen LogP contribution in [0.1, 0.15) is 5.56 Å². The number of benzene rings is 1. The highest BCUT2D eigenvalue weighted by molar-refractivity contribution is 6.30. The van der Waals surface area contributed by atoms with Crippen LogP contribution in [0, 0.1) is 0 Å². The largest absolute Gasteiger partial charge is 0.496 e. The smallest absolute Gasteiger partial charge is 0.240 e. The van der Waals surface area contributed by atoms with E-state index in [0.717, 1.165) is 10.6 Å². The van der Waals surface area contributed by atoms with Crippen molar-refractivity contribution in [3.8, 4) is 5.75 Å². The van der Waals surface area contributed by atoms with Crippen LogP contribution >= 0.6 is 11.6 Å². The number of halogens is 1. The summed E-state index contributed by atoms with van der Waals surface area (Å²) in [5.74, 6) is 5.76.